The molecule has 66 valence electrons. The first kappa shape index (κ1) is 10.3. The molecule has 0 bridgehead atoms. The van der Waals surface area contributed by atoms with E-state index in [1.54, 1.807) is 14.1 Å². The summed E-state index contributed by atoms with van der Waals surface area (Å²) in [5.74, 6) is 0. The second kappa shape index (κ2) is 4.27. The van der Waals surface area contributed by atoms with E-state index in [4.69, 9.17) is 10.2 Å². The Balaban J connectivity index is 3.79. The number of likely N-dealkylation sites (N-methyl/N-ethyl adjacent to an activating group) is 1. The maximum absolute atomic E-state index is 10.0. The molecule has 0 saturated heterocycles. The summed E-state index contributed by atoms with van der Waals surface area (Å²) < 4.78 is 0.158. The van der Waals surface area contributed by atoms with Crippen LogP contribution in [0.3, 0.4) is 0 Å². The first-order valence-electron chi connectivity index (χ1n) is 3.35. The van der Waals surface area contributed by atoms with Crippen LogP contribution in [0.1, 0.15) is 0 Å². The van der Waals surface area contributed by atoms with Gasteiger partial charge in [-0.2, -0.15) is 0 Å². The molecule has 1 amide bonds. The van der Waals surface area contributed by atoms with Gasteiger partial charge in [0.2, 0.25) is 0 Å². The third-order valence-corrected chi connectivity index (χ3v) is 1.28. The molecule has 0 rings (SSSR count). The predicted molar refractivity (Wildman–Crippen MR) is 39.3 cm³/mol. The number of rotatable bonds is 5. The summed E-state index contributed by atoms with van der Waals surface area (Å²) in [6.07, 6.45) is -0.234. The fourth-order valence-corrected chi connectivity index (χ4v) is 0.780. The minimum Gasteiger partial charge on any atom is -0.393 e. The number of nitrogens with one attached hydrogen (secondary N) is 1. The zero-order valence-electron chi connectivity index (χ0n) is 6.82. The molecule has 1 atom stereocenters. The van der Waals surface area contributed by atoms with Gasteiger partial charge in [0.05, 0.1) is 20.7 Å². The summed E-state index contributed by atoms with van der Waals surface area (Å²) in [7, 11) is 3.43. The summed E-state index contributed by atoms with van der Waals surface area (Å²) in [5, 5.41) is 17.5. The van der Waals surface area contributed by atoms with Gasteiger partial charge in [0, 0.05) is 0 Å². The monoisotopic (exact) mass is 163 g/mol. The van der Waals surface area contributed by atoms with Gasteiger partial charge in [-0.1, -0.05) is 0 Å². The van der Waals surface area contributed by atoms with Gasteiger partial charge in [0.25, 0.3) is 6.41 Å². The SMILES string of the molecule is C[N+](C)(CC(O)CO)NC=O. The number of aliphatic hydroxyl groups is 2. The molecule has 1 unspecified atom stereocenters. The molecule has 0 aliphatic rings. The zero-order chi connectivity index (χ0) is 8.91. The lowest BCUT2D eigenvalue weighted by Crippen LogP contribution is -2.55. The van der Waals surface area contributed by atoms with Gasteiger partial charge < -0.3 is 10.2 Å². The fourth-order valence-electron chi connectivity index (χ4n) is 0.780. The number of quaternary nitrogens is 1. The molecule has 0 aliphatic heterocycles. The molecule has 0 fully saturated rings. The Morgan fingerprint density at radius 2 is 2.18 bits per heavy atom. The first-order valence-corrected chi connectivity index (χ1v) is 3.35. The lowest BCUT2D eigenvalue weighted by Gasteiger charge is -2.28. The van der Waals surface area contributed by atoms with Crippen molar-refractivity contribution < 1.29 is 19.6 Å². The number of hydrogen-bond donors (Lipinski definition) is 3. The van der Waals surface area contributed by atoms with E-state index >= 15 is 0 Å². The maximum Gasteiger partial charge on any atom is 0.252 e. The smallest absolute Gasteiger partial charge is 0.252 e. The Bertz CT molecular complexity index is 127. The van der Waals surface area contributed by atoms with Crippen molar-refractivity contribution in [3.05, 3.63) is 0 Å². The molecule has 0 saturated carbocycles. The van der Waals surface area contributed by atoms with Gasteiger partial charge >= 0.3 is 0 Å². The minimum absolute atomic E-state index is 0.158. The molecule has 3 N–H and O–H groups in total. The number of nitrogens with zero attached hydrogens (tertiary/aromatic N) is 1. The molecular weight excluding hydrogens is 148 g/mol. The second-order valence-electron chi connectivity index (χ2n) is 2.95. The van der Waals surface area contributed by atoms with Crippen LogP contribution in [0.2, 0.25) is 0 Å². The van der Waals surface area contributed by atoms with Crippen LogP contribution in [-0.4, -0.2) is 54.6 Å². The Morgan fingerprint density at radius 1 is 1.64 bits per heavy atom. The molecular formula is C6H15N2O3+. The quantitative estimate of drug-likeness (QED) is 0.251. The molecule has 0 aromatic heterocycles. The highest BCUT2D eigenvalue weighted by molar-refractivity contribution is 5.43. The summed E-state index contributed by atoms with van der Waals surface area (Å²) in [5.41, 5.74) is 2.47. The number of aliphatic hydroxyl groups excluding tert-OH is 2. The van der Waals surface area contributed by atoms with Gasteiger partial charge in [-0.15, -0.1) is 0 Å². The number of carbonyl (C=O) groups excluding carboxylic acids is 1. The van der Waals surface area contributed by atoms with E-state index in [1.165, 1.54) is 0 Å². The van der Waals surface area contributed by atoms with E-state index in [9.17, 15) is 4.79 Å². The van der Waals surface area contributed by atoms with Crippen LogP contribution in [0.5, 0.6) is 0 Å². The molecule has 5 nitrogen and oxygen atoms in total. The Kier molecular flexibility index (Phi) is 4.02. The first-order chi connectivity index (χ1) is 5.02. The van der Waals surface area contributed by atoms with Crippen LogP contribution in [0.4, 0.5) is 0 Å². The largest absolute Gasteiger partial charge is 0.393 e. The van der Waals surface area contributed by atoms with Crippen LogP contribution in [0.25, 0.3) is 0 Å². The fraction of sp³-hybridized carbons (Fsp3) is 0.833. The van der Waals surface area contributed by atoms with Gasteiger partial charge in [-0.25, -0.2) is 10.0 Å². The molecule has 0 spiro atoms. The highest BCUT2D eigenvalue weighted by Gasteiger charge is 2.18. The van der Waals surface area contributed by atoms with Gasteiger partial charge in [-0.05, 0) is 0 Å². The highest BCUT2D eigenvalue weighted by Crippen LogP contribution is 1.92. The van der Waals surface area contributed by atoms with Crippen molar-refractivity contribution in [2.45, 2.75) is 6.10 Å². The van der Waals surface area contributed by atoms with Crippen LogP contribution in [-0.2, 0) is 4.79 Å². The lowest BCUT2D eigenvalue weighted by molar-refractivity contribution is -0.927. The maximum atomic E-state index is 10.0. The molecule has 5 heteroatoms. The predicted octanol–water partition coefficient (Wildman–Crippen LogP) is -1.92. The number of carbonyl (C=O) groups is 1. The molecule has 0 heterocycles. The normalized spacial score (nSPS) is 14.2. The Labute approximate surface area is 65.8 Å². The summed E-state index contributed by atoms with van der Waals surface area (Å²) >= 11 is 0. The van der Waals surface area contributed by atoms with Crippen LogP contribution in [0.15, 0.2) is 0 Å². The number of hydrogen-bond acceptors (Lipinski definition) is 3. The van der Waals surface area contributed by atoms with Crippen LogP contribution in [0, 0.1) is 0 Å². The van der Waals surface area contributed by atoms with E-state index < -0.39 is 6.10 Å². The number of amides is 1. The summed E-state index contributed by atoms with van der Waals surface area (Å²) in [6.45, 7) is -0.00252. The highest BCUT2D eigenvalue weighted by atomic mass is 16.3. The zero-order valence-corrected chi connectivity index (χ0v) is 6.82. The van der Waals surface area contributed by atoms with Crippen LogP contribution >= 0.6 is 0 Å². The van der Waals surface area contributed by atoms with Gasteiger partial charge in [0.1, 0.15) is 12.6 Å². The molecule has 0 aliphatic carbocycles. The second-order valence-corrected chi connectivity index (χ2v) is 2.95. The van der Waals surface area contributed by atoms with E-state index in [-0.39, 0.29) is 17.7 Å². The average molecular weight is 163 g/mol. The van der Waals surface area contributed by atoms with E-state index in [2.05, 4.69) is 5.43 Å². The van der Waals surface area contributed by atoms with Gasteiger partial charge in [0.15, 0.2) is 0 Å². The third kappa shape index (κ3) is 4.72. The van der Waals surface area contributed by atoms with Crippen molar-refractivity contribution >= 4 is 6.41 Å². The Morgan fingerprint density at radius 3 is 2.55 bits per heavy atom. The van der Waals surface area contributed by atoms with Crippen molar-refractivity contribution in [2.24, 2.45) is 0 Å². The Hall–Kier alpha value is -0.650. The molecule has 0 aromatic carbocycles. The standard InChI is InChI=1S/C6H14N2O3/c1-8(2,7-5-10)3-6(11)4-9/h5-6,9,11H,3-4H2,1-2H3/p+1. The minimum atomic E-state index is -0.794. The van der Waals surface area contributed by atoms with E-state index in [0.717, 1.165) is 0 Å². The van der Waals surface area contributed by atoms with Crippen LogP contribution < -0.4 is 5.43 Å². The average Bonchev–Trinajstić information content (AvgIpc) is 1.86. The molecule has 0 radical (unpaired) electrons. The lowest BCUT2D eigenvalue weighted by atomic mass is 10.3. The van der Waals surface area contributed by atoms with Crippen molar-refractivity contribution in [1.82, 2.24) is 5.43 Å². The molecule has 0 aromatic rings. The third-order valence-electron chi connectivity index (χ3n) is 1.28. The topological polar surface area (TPSA) is 69.6 Å². The van der Waals surface area contributed by atoms with E-state index in [1.807, 2.05) is 0 Å². The van der Waals surface area contributed by atoms with Crippen molar-refractivity contribution in [3.63, 3.8) is 0 Å². The van der Waals surface area contributed by atoms with E-state index in [0.29, 0.717) is 6.41 Å². The summed E-state index contributed by atoms with van der Waals surface area (Å²) in [4.78, 5) is 10.0. The molecule has 11 heavy (non-hydrogen) atoms. The van der Waals surface area contributed by atoms with Crippen molar-refractivity contribution in [3.8, 4) is 0 Å². The van der Waals surface area contributed by atoms with Gasteiger partial charge in [-0.3, -0.25) is 4.79 Å². The van der Waals surface area contributed by atoms with Crippen molar-refractivity contribution in [2.75, 3.05) is 27.2 Å². The van der Waals surface area contributed by atoms with Crippen molar-refractivity contribution in [1.29, 1.82) is 0 Å². The summed E-state index contributed by atoms with van der Waals surface area (Å²) in [6, 6.07) is 0.